The fourth-order valence-electron chi connectivity index (χ4n) is 0.769. The number of hydrogen-bond acceptors (Lipinski definition) is 3. The van der Waals surface area contributed by atoms with Crippen LogP contribution >= 0.6 is 0 Å². The zero-order valence-corrected chi connectivity index (χ0v) is 7.64. The van der Waals surface area contributed by atoms with Crippen LogP contribution in [0.25, 0.3) is 0 Å². The van der Waals surface area contributed by atoms with Crippen LogP contribution in [0.1, 0.15) is 13.8 Å². The zero-order valence-electron chi connectivity index (χ0n) is 7.64. The van der Waals surface area contributed by atoms with Gasteiger partial charge in [0.05, 0.1) is 12.1 Å². The highest BCUT2D eigenvalue weighted by atomic mass is 16.3. The Hall–Kier alpha value is -1.36. The van der Waals surface area contributed by atoms with E-state index >= 15 is 0 Å². The third-order valence-corrected chi connectivity index (χ3v) is 1.81. The van der Waals surface area contributed by atoms with Crippen LogP contribution in [0.3, 0.4) is 0 Å². The van der Waals surface area contributed by atoms with Crippen molar-refractivity contribution in [3.63, 3.8) is 0 Å². The van der Waals surface area contributed by atoms with Gasteiger partial charge in [0.25, 0.3) is 0 Å². The molecule has 72 valence electrons. The van der Waals surface area contributed by atoms with Crippen LogP contribution in [0, 0.1) is 0 Å². The predicted octanol–water partition coefficient (Wildman–Crippen LogP) is 0.210. The average Bonchev–Trinajstić information content (AvgIpc) is 2.55. The van der Waals surface area contributed by atoms with Gasteiger partial charge in [-0.1, -0.05) is 0 Å². The summed E-state index contributed by atoms with van der Waals surface area (Å²) in [5.74, 6) is 0. The molecule has 0 radical (unpaired) electrons. The lowest BCUT2D eigenvalue weighted by Gasteiger charge is -2.16. The number of rotatable bonds is 2. The predicted molar refractivity (Wildman–Crippen MR) is 47.3 cm³/mol. The minimum atomic E-state index is -0.563. The number of carbonyl (C=O) groups is 1. The van der Waals surface area contributed by atoms with Crippen LogP contribution in [0.2, 0.25) is 0 Å². The molecule has 13 heavy (non-hydrogen) atoms. The summed E-state index contributed by atoms with van der Waals surface area (Å²) >= 11 is 0. The summed E-state index contributed by atoms with van der Waals surface area (Å²) in [4.78, 5) is 15.1. The van der Waals surface area contributed by atoms with E-state index in [1.165, 1.54) is 17.1 Å². The van der Waals surface area contributed by atoms with Gasteiger partial charge in [-0.2, -0.15) is 0 Å². The summed E-state index contributed by atoms with van der Waals surface area (Å²) in [5, 5.41) is 11.7. The highest BCUT2D eigenvalue weighted by Crippen LogP contribution is 1.92. The van der Waals surface area contributed by atoms with Gasteiger partial charge in [-0.25, -0.2) is 9.78 Å². The van der Waals surface area contributed by atoms with Crippen LogP contribution in [-0.2, 0) is 0 Å². The standard InChI is InChI=1S/C8H13N3O2/c1-6(7(2)12)10-8(13)11-4-3-9-5-11/h3-7,12H,1-2H3,(H,10,13). The van der Waals surface area contributed by atoms with E-state index in [-0.39, 0.29) is 12.1 Å². The Morgan fingerprint density at radius 1 is 1.62 bits per heavy atom. The molecule has 1 aromatic rings. The average molecular weight is 183 g/mol. The van der Waals surface area contributed by atoms with Gasteiger partial charge >= 0.3 is 6.03 Å². The van der Waals surface area contributed by atoms with Crippen LogP contribution in [0.5, 0.6) is 0 Å². The van der Waals surface area contributed by atoms with Gasteiger partial charge in [0, 0.05) is 12.4 Å². The first-order valence-corrected chi connectivity index (χ1v) is 4.08. The van der Waals surface area contributed by atoms with Gasteiger partial charge in [-0.15, -0.1) is 0 Å². The number of nitrogens with one attached hydrogen (secondary N) is 1. The molecule has 0 aliphatic heterocycles. The number of nitrogens with zero attached hydrogens (tertiary/aromatic N) is 2. The summed E-state index contributed by atoms with van der Waals surface area (Å²) in [6.07, 6.45) is 3.91. The van der Waals surface area contributed by atoms with E-state index in [9.17, 15) is 4.79 Å². The second-order valence-corrected chi connectivity index (χ2v) is 2.95. The Morgan fingerprint density at radius 2 is 2.31 bits per heavy atom. The van der Waals surface area contributed by atoms with Gasteiger partial charge in [-0.05, 0) is 13.8 Å². The molecule has 2 N–H and O–H groups in total. The van der Waals surface area contributed by atoms with Crippen LogP contribution < -0.4 is 5.32 Å². The molecule has 1 amide bonds. The summed E-state index contributed by atoms with van der Waals surface area (Å²) < 4.78 is 1.32. The van der Waals surface area contributed by atoms with E-state index in [4.69, 9.17) is 5.11 Å². The highest BCUT2D eigenvalue weighted by molar-refractivity contribution is 5.76. The topological polar surface area (TPSA) is 67.2 Å². The first-order chi connectivity index (χ1) is 6.11. The minimum absolute atomic E-state index is 0.269. The van der Waals surface area contributed by atoms with Crippen molar-refractivity contribution in [1.29, 1.82) is 0 Å². The molecule has 1 rings (SSSR count). The normalized spacial score (nSPS) is 15.0. The van der Waals surface area contributed by atoms with Crippen LogP contribution in [0.15, 0.2) is 18.7 Å². The van der Waals surface area contributed by atoms with E-state index in [1.807, 2.05) is 0 Å². The fraction of sp³-hybridized carbons (Fsp3) is 0.500. The number of hydrogen-bond donors (Lipinski definition) is 2. The smallest absolute Gasteiger partial charge is 0.327 e. The maximum Gasteiger partial charge on any atom is 0.327 e. The van der Waals surface area contributed by atoms with Crippen molar-refractivity contribution in [2.45, 2.75) is 26.0 Å². The van der Waals surface area contributed by atoms with Gasteiger partial charge in [-0.3, -0.25) is 4.57 Å². The van der Waals surface area contributed by atoms with Crippen molar-refractivity contribution >= 4 is 6.03 Å². The SMILES string of the molecule is CC(O)C(C)NC(=O)n1ccnc1. The van der Waals surface area contributed by atoms with Gasteiger partial charge in [0.15, 0.2) is 0 Å². The van der Waals surface area contributed by atoms with Gasteiger partial charge < -0.3 is 10.4 Å². The molecule has 1 heterocycles. The fourth-order valence-corrected chi connectivity index (χ4v) is 0.769. The van der Waals surface area contributed by atoms with Crippen molar-refractivity contribution in [2.24, 2.45) is 0 Å². The summed E-state index contributed by atoms with van der Waals surface area (Å²) in [6, 6.07) is -0.555. The van der Waals surface area contributed by atoms with E-state index in [0.717, 1.165) is 0 Å². The quantitative estimate of drug-likeness (QED) is 0.688. The molecule has 5 heteroatoms. The first kappa shape index (κ1) is 9.73. The van der Waals surface area contributed by atoms with Crippen molar-refractivity contribution in [3.05, 3.63) is 18.7 Å². The molecule has 2 unspecified atom stereocenters. The van der Waals surface area contributed by atoms with E-state index in [2.05, 4.69) is 10.3 Å². The molecule has 0 aliphatic rings. The van der Waals surface area contributed by atoms with Gasteiger partial charge in [0.1, 0.15) is 6.33 Å². The summed E-state index contributed by atoms with van der Waals surface area (Å²) in [7, 11) is 0. The number of aliphatic hydroxyl groups excluding tert-OH is 1. The molecular formula is C8H13N3O2. The number of amides is 1. The lowest BCUT2D eigenvalue weighted by atomic mass is 10.2. The van der Waals surface area contributed by atoms with Crippen molar-refractivity contribution in [1.82, 2.24) is 14.9 Å². The number of imidazole rings is 1. The molecule has 0 bridgehead atoms. The van der Waals surface area contributed by atoms with Crippen molar-refractivity contribution in [2.75, 3.05) is 0 Å². The van der Waals surface area contributed by atoms with E-state index in [1.54, 1.807) is 20.0 Å². The number of carbonyl (C=O) groups excluding carboxylic acids is 1. The van der Waals surface area contributed by atoms with Crippen LogP contribution in [0.4, 0.5) is 4.79 Å². The third-order valence-electron chi connectivity index (χ3n) is 1.81. The molecule has 0 saturated carbocycles. The Morgan fingerprint density at radius 3 is 2.77 bits per heavy atom. The molecule has 2 atom stereocenters. The largest absolute Gasteiger partial charge is 0.391 e. The monoisotopic (exact) mass is 183 g/mol. The molecular weight excluding hydrogens is 170 g/mol. The Bertz CT molecular complexity index is 269. The number of aliphatic hydroxyl groups is 1. The molecule has 1 aromatic heterocycles. The van der Waals surface area contributed by atoms with E-state index < -0.39 is 6.10 Å². The zero-order chi connectivity index (χ0) is 9.84. The maximum absolute atomic E-state index is 11.3. The summed E-state index contributed by atoms with van der Waals surface area (Å²) in [5.41, 5.74) is 0. The van der Waals surface area contributed by atoms with E-state index in [0.29, 0.717) is 0 Å². The Balaban J connectivity index is 2.52. The molecule has 0 aromatic carbocycles. The maximum atomic E-state index is 11.3. The second kappa shape index (κ2) is 4.04. The van der Waals surface area contributed by atoms with Crippen molar-refractivity contribution in [3.8, 4) is 0 Å². The van der Waals surface area contributed by atoms with Crippen LogP contribution in [-0.4, -0.2) is 32.8 Å². The summed E-state index contributed by atoms with van der Waals surface area (Å²) in [6.45, 7) is 3.36. The molecule has 0 saturated heterocycles. The highest BCUT2D eigenvalue weighted by Gasteiger charge is 2.12. The molecule has 5 nitrogen and oxygen atoms in total. The lowest BCUT2D eigenvalue weighted by molar-refractivity contribution is 0.153. The Labute approximate surface area is 76.4 Å². The third kappa shape index (κ3) is 2.55. The number of aromatic nitrogens is 2. The lowest BCUT2D eigenvalue weighted by Crippen LogP contribution is -2.41. The first-order valence-electron chi connectivity index (χ1n) is 4.08. The molecule has 0 fully saturated rings. The van der Waals surface area contributed by atoms with Crippen molar-refractivity contribution < 1.29 is 9.90 Å². The second-order valence-electron chi connectivity index (χ2n) is 2.95. The minimum Gasteiger partial charge on any atom is -0.391 e. The Kier molecular flexibility index (Phi) is 3.02. The molecule has 0 aliphatic carbocycles. The van der Waals surface area contributed by atoms with Gasteiger partial charge in [0.2, 0.25) is 0 Å². The molecule has 0 spiro atoms.